The lowest BCUT2D eigenvalue weighted by Gasteiger charge is -2.26. The van der Waals surface area contributed by atoms with Crippen molar-refractivity contribution in [1.82, 2.24) is 5.32 Å². The highest BCUT2D eigenvalue weighted by molar-refractivity contribution is 5.86. The summed E-state index contributed by atoms with van der Waals surface area (Å²) >= 11 is 0. The average Bonchev–Trinajstić information content (AvgIpc) is 2.43. The Morgan fingerprint density at radius 3 is 2.89 bits per heavy atom. The minimum Gasteiger partial charge on any atom is -0.480 e. The van der Waals surface area contributed by atoms with E-state index in [1.54, 1.807) is 6.92 Å². The Morgan fingerprint density at radius 1 is 1.47 bits per heavy atom. The Morgan fingerprint density at radius 2 is 2.21 bits per heavy atom. The number of fused-ring (bicyclic) bond motifs is 1. The quantitative estimate of drug-likeness (QED) is 0.763. The van der Waals surface area contributed by atoms with Crippen molar-refractivity contribution in [2.75, 3.05) is 11.9 Å². The maximum absolute atomic E-state index is 12.1. The van der Waals surface area contributed by atoms with Gasteiger partial charge >= 0.3 is 5.97 Å². The van der Waals surface area contributed by atoms with Gasteiger partial charge in [-0.15, -0.1) is 0 Å². The van der Waals surface area contributed by atoms with Gasteiger partial charge in [0.1, 0.15) is 6.04 Å². The van der Waals surface area contributed by atoms with E-state index < -0.39 is 12.0 Å². The van der Waals surface area contributed by atoms with Gasteiger partial charge in [0, 0.05) is 12.2 Å². The summed E-state index contributed by atoms with van der Waals surface area (Å²) < 4.78 is 0. The molecular weight excluding hydrogens is 244 g/mol. The van der Waals surface area contributed by atoms with Gasteiger partial charge < -0.3 is 15.7 Å². The van der Waals surface area contributed by atoms with Gasteiger partial charge in [0.15, 0.2) is 0 Å². The first-order valence-corrected chi connectivity index (χ1v) is 6.46. The first-order chi connectivity index (χ1) is 9.11. The molecule has 102 valence electrons. The highest BCUT2D eigenvalue weighted by Crippen LogP contribution is 2.24. The highest BCUT2D eigenvalue weighted by atomic mass is 16.4. The maximum atomic E-state index is 12.1. The number of nitrogens with one attached hydrogen (secondary N) is 2. The summed E-state index contributed by atoms with van der Waals surface area (Å²) in [6.45, 7) is 2.28. The van der Waals surface area contributed by atoms with Crippen molar-refractivity contribution in [2.45, 2.75) is 25.8 Å². The van der Waals surface area contributed by atoms with Gasteiger partial charge in [0.2, 0.25) is 5.91 Å². The predicted molar refractivity (Wildman–Crippen MR) is 72.0 cm³/mol. The number of carbonyl (C=O) groups excluding carboxylic acids is 1. The summed E-state index contributed by atoms with van der Waals surface area (Å²) in [6, 6.07) is 7.05. The molecule has 1 aliphatic heterocycles. The Labute approximate surface area is 112 Å². The molecule has 0 aliphatic carbocycles. The SMILES string of the molecule is CC[C@H](NC(=O)C1CNc2ccccc2C1)C(=O)O. The van der Waals surface area contributed by atoms with Gasteiger partial charge in [0.05, 0.1) is 5.92 Å². The van der Waals surface area contributed by atoms with Crippen LogP contribution in [0.5, 0.6) is 0 Å². The van der Waals surface area contributed by atoms with E-state index in [1.807, 2.05) is 24.3 Å². The molecule has 0 saturated heterocycles. The van der Waals surface area contributed by atoms with Gasteiger partial charge in [-0.3, -0.25) is 4.79 Å². The van der Waals surface area contributed by atoms with Crippen LogP contribution in [-0.2, 0) is 16.0 Å². The monoisotopic (exact) mass is 262 g/mol. The first kappa shape index (κ1) is 13.4. The van der Waals surface area contributed by atoms with E-state index in [4.69, 9.17) is 5.11 Å². The molecule has 3 N–H and O–H groups in total. The Hall–Kier alpha value is -2.04. The number of anilines is 1. The van der Waals surface area contributed by atoms with Gasteiger partial charge in [-0.05, 0) is 24.5 Å². The molecule has 5 nitrogen and oxygen atoms in total. The van der Waals surface area contributed by atoms with Gasteiger partial charge in [-0.25, -0.2) is 4.79 Å². The van der Waals surface area contributed by atoms with Gasteiger partial charge in [-0.1, -0.05) is 25.1 Å². The van der Waals surface area contributed by atoms with E-state index in [1.165, 1.54) is 0 Å². The summed E-state index contributed by atoms with van der Waals surface area (Å²) in [4.78, 5) is 23.0. The second-order valence-corrected chi connectivity index (χ2v) is 4.75. The predicted octanol–water partition coefficient (Wildman–Crippen LogP) is 1.25. The lowest BCUT2D eigenvalue weighted by Crippen LogP contribution is -2.46. The summed E-state index contributed by atoms with van der Waals surface area (Å²) in [5.74, 6) is -1.40. The van der Waals surface area contributed by atoms with Gasteiger partial charge in [0.25, 0.3) is 0 Å². The number of benzene rings is 1. The summed E-state index contributed by atoms with van der Waals surface area (Å²) in [5.41, 5.74) is 2.15. The Bertz CT molecular complexity index is 487. The fourth-order valence-electron chi connectivity index (χ4n) is 2.25. The molecule has 0 spiro atoms. The van der Waals surface area contributed by atoms with E-state index in [9.17, 15) is 9.59 Å². The smallest absolute Gasteiger partial charge is 0.326 e. The van der Waals surface area contributed by atoms with Crippen LogP contribution in [0.2, 0.25) is 0 Å². The standard InChI is InChI=1S/C14H18N2O3/c1-2-11(14(18)19)16-13(17)10-7-9-5-3-4-6-12(9)15-8-10/h3-6,10-11,15H,2,7-8H2,1H3,(H,16,17)(H,18,19)/t10?,11-/m0/s1. The van der Waals surface area contributed by atoms with Crippen LogP contribution < -0.4 is 10.6 Å². The first-order valence-electron chi connectivity index (χ1n) is 6.46. The summed E-state index contributed by atoms with van der Waals surface area (Å²) in [6.07, 6.45) is 1.03. The molecule has 2 rings (SSSR count). The summed E-state index contributed by atoms with van der Waals surface area (Å²) in [5, 5.41) is 14.7. The van der Waals surface area contributed by atoms with Crippen molar-refractivity contribution in [1.29, 1.82) is 0 Å². The zero-order valence-electron chi connectivity index (χ0n) is 10.8. The van der Waals surface area contributed by atoms with Crippen LogP contribution in [0, 0.1) is 5.92 Å². The molecular formula is C14H18N2O3. The number of aliphatic carboxylic acids is 1. The van der Waals surface area contributed by atoms with Crippen LogP contribution in [0.4, 0.5) is 5.69 Å². The molecule has 2 atom stereocenters. The lowest BCUT2D eigenvalue weighted by atomic mass is 9.93. The van der Waals surface area contributed by atoms with E-state index >= 15 is 0 Å². The summed E-state index contributed by atoms with van der Waals surface area (Å²) in [7, 11) is 0. The number of para-hydroxylation sites is 1. The fraction of sp³-hybridized carbons (Fsp3) is 0.429. The van der Waals surface area contributed by atoms with Crippen LogP contribution >= 0.6 is 0 Å². The van der Waals surface area contributed by atoms with Crippen molar-refractivity contribution in [3.05, 3.63) is 29.8 Å². The van der Waals surface area contributed by atoms with E-state index in [0.29, 0.717) is 19.4 Å². The number of hydrogen-bond donors (Lipinski definition) is 3. The molecule has 1 unspecified atom stereocenters. The molecule has 0 aromatic heterocycles. The minimum absolute atomic E-state index is 0.198. The van der Waals surface area contributed by atoms with Crippen molar-refractivity contribution in [2.24, 2.45) is 5.92 Å². The molecule has 5 heteroatoms. The van der Waals surface area contributed by atoms with Gasteiger partial charge in [-0.2, -0.15) is 0 Å². The third kappa shape index (κ3) is 3.05. The second-order valence-electron chi connectivity index (χ2n) is 4.75. The topological polar surface area (TPSA) is 78.4 Å². The molecule has 1 heterocycles. The number of carbonyl (C=O) groups is 2. The lowest BCUT2D eigenvalue weighted by molar-refractivity contribution is -0.142. The molecule has 1 aromatic carbocycles. The van der Waals surface area contributed by atoms with Crippen LogP contribution in [0.3, 0.4) is 0 Å². The van der Waals surface area contributed by atoms with E-state index in [0.717, 1.165) is 11.3 Å². The number of carboxylic acids is 1. The highest BCUT2D eigenvalue weighted by Gasteiger charge is 2.27. The maximum Gasteiger partial charge on any atom is 0.326 e. The van der Waals surface area contributed by atoms with Crippen molar-refractivity contribution in [3.8, 4) is 0 Å². The van der Waals surface area contributed by atoms with Crippen molar-refractivity contribution in [3.63, 3.8) is 0 Å². The molecule has 0 saturated carbocycles. The van der Waals surface area contributed by atoms with Crippen LogP contribution in [0.1, 0.15) is 18.9 Å². The van der Waals surface area contributed by atoms with Crippen molar-refractivity contribution < 1.29 is 14.7 Å². The average molecular weight is 262 g/mol. The minimum atomic E-state index is -0.986. The fourth-order valence-corrected chi connectivity index (χ4v) is 2.25. The Balaban J connectivity index is 2.01. The molecule has 0 fully saturated rings. The molecule has 1 aliphatic rings. The third-order valence-electron chi connectivity index (χ3n) is 3.42. The number of rotatable bonds is 4. The zero-order chi connectivity index (χ0) is 13.8. The molecule has 19 heavy (non-hydrogen) atoms. The van der Waals surface area contributed by atoms with Crippen LogP contribution in [0.25, 0.3) is 0 Å². The van der Waals surface area contributed by atoms with E-state index in [2.05, 4.69) is 10.6 Å². The Kier molecular flexibility index (Phi) is 4.04. The third-order valence-corrected chi connectivity index (χ3v) is 3.42. The molecule has 0 bridgehead atoms. The number of hydrogen-bond acceptors (Lipinski definition) is 3. The molecule has 0 radical (unpaired) electrons. The second kappa shape index (κ2) is 5.73. The van der Waals surface area contributed by atoms with Crippen LogP contribution in [0.15, 0.2) is 24.3 Å². The molecule has 1 amide bonds. The molecule has 1 aromatic rings. The largest absolute Gasteiger partial charge is 0.480 e. The van der Waals surface area contributed by atoms with Crippen molar-refractivity contribution >= 4 is 17.6 Å². The van der Waals surface area contributed by atoms with Crippen LogP contribution in [-0.4, -0.2) is 29.6 Å². The van der Waals surface area contributed by atoms with E-state index in [-0.39, 0.29) is 11.8 Å². The zero-order valence-corrected chi connectivity index (χ0v) is 10.8. The number of carboxylic acid groups (broad SMARTS) is 1. The normalized spacial score (nSPS) is 18.9. The number of amides is 1.